The minimum atomic E-state index is -0.123. The van der Waals surface area contributed by atoms with Crippen LogP contribution in [0, 0.1) is 35.5 Å². The first-order valence-corrected chi connectivity index (χ1v) is 19.0. The molecule has 0 radical (unpaired) electrons. The molecule has 2 aromatic rings. The Morgan fingerprint density at radius 2 is 0.826 bits per heavy atom. The molecular weight excluding hydrogens is 562 g/mol. The molecular formula is C43H61NO2. The lowest BCUT2D eigenvalue weighted by atomic mass is 9.48. The van der Waals surface area contributed by atoms with Gasteiger partial charge in [-0.15, -0.1) is 0 Å². The standard InChI is InChI=1S/C43H61NO2/c1-40(2,3)36-16-34(42-18-26-8-27(19-42)10-28(9-26)20-42)14-32(38(36)45)24-44(7)25-33-15-35(17-37(39(33)46)41(4,5)6)43-21-29-11-30(22-43)13-31(12-29)23-43/h14-17,26-31,45-46H,8-13,18-25H2,1-7H3. The fourth-order valence-electron chi connectivity index (χ4n) is 13.0. The van der Waals surface area contributed by atoms with E-state index in [1.165, 1.54) is 88.2 Å². The van der Waals surface area contributed by atoms with Crippen LogP contribution in [-0.4, -0.2) is 22.2 Å². The van der Waals surface area contributed by atoms with E-state index in [1.54, 1.807) is 0 Å². The van der Waals surface area contributed by atoms with Crippen LogP contribution < -0.4 is 0 Å². The topological polar surface area (TPSA) is 43.7 Å². The lowest BCUT2D eigenvalue weighted by molar-refractivity contribution is -0.00541. The Morgan fingerprint density at radius 1 is 0.543 bits per heavy atom. The first kappa shape index (κ1) is 31.3. The van der Waals surface area contributed by atoms with E-state index in [2.05, 4.69) is 77.8 Å². The minimum Gasteiger partial charge on any atom is -0.507 e. The van der Waals surface area contributed by atoms with E-state index in [4.69, 9.17) is 0 Å². The van der Waals surface area contributed by atoms with Crippen molar-refractivity contribution >= 4 is 0 Å². The number of aromatic hydroxyl groups is 2. The van der Waals surface area contributed by atoms with E-state index >= 15 is 0 Å². The molecule has 8 fully saturated rings. The second kappa shape index (κ2) is 10.5. The maximum Gasteiger partial charge on any atom is 0.123 e. The molecule has 0 amide bonds. The van der Waals surface area contributed by atoms with Crippen LogP contribution in [0.4, 0.5) is 0 Å². The number of phenols is 2. The van der Waals surface area contributed by atoms with Gasteiger partial charge in [0.2, 0.25) is 0 Å². The summed E-state index contributed by atoms with van der Waals surface area (Å²) in [4.78, 5) is 2.34. The minimum absolute atomic E-state index is 0.123. The fourth-order valence-corrected chi connectivity index (χ4v) is 13.0. The van der Waals surface area contributed by atoms with Crippen molar-refractivity contribution in [2.75, 3.05) is 7.05 Å². The van der Waals surface area contributed by atoms with Gasteiger partial charge >= 0.3 is 0 Å². The van der Waals surface area contributed by atoms with Crippen LogP contribution in [0.25, 0.3) is 0 Å². The summed E-state index contributed by atoms with van der Waals surface area (Å²) >= 11 is 0. The highest BCUT2D eigenvalue weighted by atomic mass is 16.3. The van der Waals surface area contributed by atoms with Gasteiger partial charge in [-0.05, 0) is 164 Å². The second-order valence-electron chi connectivity index (χ2n) is 20.1. The molecule has 0 aliphatic heterocycles. The predicted molar refractivity (Wildman–Crippen MR) is 188 cm³/mol. The van der Waals surface area contributed by atoms with E-state index in [1.807, 2.05) is 0 Å². The van der Waals surface area contributed by atoms with Gasteiger partial charge in [-0.25, -0.2) is 0 Å². The highest BCUT2D eigenvalue weighted by Gasteiger charge is 2.53. The van der Waals surface area contributed by atoms with Crippen molar-refractivity contribution in [3.05, 3.63) is 57.6 Å². The van der Waals surface area contributed by atoms with Gasteiger partial charge in [-0.3, -0.25) is 4.90 Å². The summed E-state index contributed by atoms with van der Waals surface area (Å²) in [5.74, 6) is 6.33. The van der Waals surface area contributed by atoms with E-state index < -0.39 is 0 Å². The van der Waals surface area contributed by atoms with Crippen molar-refractivity contribution in [1.82, 2.24) is 4.90 Å². The van der Waals surface area contributed by atoms with Crippen LogP contribution in [0.2, 0.25) is 0 Å². The maximum absolute atomic E-state index is 11.8. The molecule has 46 heavy (non-hydrogen) atoms. The summed E-state index contributed by atoms with van der Waals surface area (Å²) in [7, 11) is 2.18. The highest BCUT2D eigenvalue weighted by molar-refractivity contribution is 5.51. The van der Waals surface area contributed by atoms with Gasteiger partial charge in [0, 0.05) is 24.2 Å². The molecule has 2 N–H and O–H groups in total. The average Bonchev–Trinajstić information content (AvgIpc) is 2.92. The van der Waals surface area contributed by atoms with Gasteiger partial charge < -0.3 is 10.2 Å². The summed E-state index contributed by atoms with van der Waals surface area (Å²) in [5.41, 5.74) is 7.67. The summed E-state index contributed by atoms with van der Waals surface area (Å²) < 4.78 is 0. The largest absolute Gasteiger partial charge is 0.507 e. The first-order chi connectivity index (χ1) is 21.6. The zero-order valence-electron chi connectivity index (χ0n) is 30.0. The summed E-state index contributed by atoms with van der Waals surface area (Å²) in [6.07, 6.45) is 16.7. The Hall–Kier alpha value is -2.00. The molecule has 2 aromatic carbocycles. The lowest BCUT2D eigenvalue weighted by Crippen LogP contribution is -2.48. The van der Waals surface area contributed by atoms with Crippen LogP contribution in [0.3, 0.4) is 0 Å². The molecule has 0 heterocycles. The number of phenolic OH excluding ortho intramolecular Hbond substituents is 2. The van der Waals surface area contributed by atoms with Gasteiger partial charge in [0.1, 0.15) is 11.5 Å². The van der Waals surface area contributed by atoms with Crippen LogP contribution >= 0.6 is 0 Å². The van der Waals surface area contributed by atoms with Crippen LogP contribution in [0.5, 0.6) is 11.5 Å². The quantitative estimate of drug-likeness (QED) is 0.336. The molecule has 250 valence electrons. The summed E-state index contributed by atoms with van der Waals surface area (Å²) in [6.45, 7) is 14.9. The molecule has 8 saturated carbocycles. The lowest BCUT2D eigenvalue weighted by Gasteiger charge is -2.57. The average molecular weight is 624 g/mol. The molecule has 3 heteroatoms. The van der Waals surface area contributed by atoms with Crippen molar-refractivity contribution in [3.63, 3.8) is 0 Å². The smallest absolute Gasteiger partial charge is 0.123 e. The number of benzene rings is 2. The number of nitrogens with zero attached hydrogens (tertiary/aromatic N) is 1. The van der Waals surface area contributed by atoms with Crippen molar-refractivity contribution in [2.45, 2.75) is 153 Å². The molecule has 8 bridgehead atoms. The van der Waals surface area contributed by atoms with E-state index in [-0.39, 0.29) is 10.8 Å². The fraction of sp³-hybridized carbons (Fsp3) is 0.721. The van der Waals surface area contributed by atoms with Crippen LogP contribution in [0.15, 0.2) is 24.3 Å². The first-order valence-electron chi connectivity index (χ1n) is 19.0. The molecule has 0 atom stereocenters. The van der Waals surface area contributed by atoms with Crippen molar-refractivity contribution in [2.24, 2.45) is 35.5 Å². The Balaban J connectivity index is 1.13. The van der Waals surface area contributed by atoms with Crippen molar-refractivity contribution < 1.29 is 10.2 Å². The molecule has 10 rings (SSSR count). The number of hydrogen-bond donors (Lipinski definition) is 2. The predicted octanol–water partition coefficient (Wildman–Crippen LogP) is 10.3. The van der Waals surface area contributed by atoms with Gasteiger partial charge in [0.15, 0.2) is 0 Å². The van der Waals surface area contributed by atoms with Crippen molar-refractivity contribution in [1.29, 1.82) is 0 Å². The molecule has 8 aliphatic rings. The Bertz CT molecular complexity index is 1330. The SMILES string of the molecule is CN(Cc1cc(C23CC4CC(CC(C4)C2)C3)cc(C(C)(C)C)c1O)Cc1cc(C23CC4CC(CC(C4)C2)C3)cc(C(C)(C)C)c1O. The molecule has 0 aromatic heterocycles. The second-order valence-corrected chi connectivity index (χ2v) is 20.1. The number of rotatable bonds is 6. The highest BCUT2D eigenvalue weighted by Crippen LogP contribution is 2.62. The molecule has 0 saturated heterocycles. The van der Waals surface area contributed by atoms with Gasteiger partial charge in [0.05, 0.1) is 0 Å². The zero-order chi connectivity index (χ0) is 32.4. The molecule has 0 unspecified atom stereocenters. The molecule has 3 nitrogen and oxygen atoms in total. The van der Waals surface area contributed by atoms with Gasteiger partial charge in [-0.2, -0.15) is 0 Å². The Labute approximate surface area is 279 Å². The third-order valence-corrected chi connectivity index (χ3v) is 14.2. The maximum atomic E-state index is 11.8. The monoisotopic (exact) mass is 623 g/mol. The number of hydrogen-bond acceptors (Lipinski definition) is 3. The molecule has 0 spiro atoms. The van der Waals surface area contributed by atoms with E-state index in [0.717, 1.165) is 57.8 Å². The van der Waals surface area contributed by atoms with Crippen LogP contribution in [0.1, 0.15) is 152 Å². The van der Waals surface area contributed by atoms with Crippen molar-refractivity contribution in [3.8, 4) is 11.5 Å². The van der Waals surface area contributed by atoms with Gasteiger partial charge in [-0.1, -0.05) is 65.8 Å². The zero-order valence-corrected chi connectivity index (χ0v) is 30.0. The third-order valence-electron chi connectivity index (χ3n) is 14.2. The van der Waals surface area contributed by atoms with Crippen LogP contribution in [-0.2, 0) is 34.7 Å². The molecule has 8 aliphatic carbocycles. The Kier molecular flexibility index (Phi) is 7.14. The van der Waals surface area contributed by atoms with E-state index in [9.17, 15) is 10.2 Å². The summed E-state index contributed by atoms with van der Waals surface area (Å²) in [6, 6.07) is 9.62. The third kappa shape index (κ3) is 5.25. The Morgan fingerprint density at radius 3 is 1.09 bits per heavy atom. The summed E-state index contributed by atoms with van der Waals surface area (Å²) in [5, 5.41) is 23.6. The normalized spacial score (nSPS) is 36.3. The van der Waals surface area contributed by atoms with Gasteiger partial charge in [0.25, 0.3) is 0 Å². The van der Waals surface area contributed by atoms with E-state index in [0.29, 0.717) is 35.4 Å².